The Morgan fingerprint density at radius 1 is 1.43 bits per heavy atom. The van der Waals surface area contributed by atoms with Gasteiger partial charge in [-0.05, 0) is 60.7 Å². The average Bonchev–Trinajstić information content (AvgIpc) is 3.13. The van der Waals surface area contributed by atoms with E-state index < -0.39 is 31.2 Å². The number of amides is 1. The van der Waals surface area contributed by atoms with Gasteiger partial charge in [-0.1, -0.05) is 0 Å². The molecule has 0 bridgehead atoms. The van der Waals surface area contributed by atoms with Crippen molar-refractivity contribution in [2.45, 2.75) is 37.1 Å². The first kappa shape index (κ1) is 16.7. The van der Waals surface area contributed by atoms with Crippen molar-refractivity contribution in [3.63, 3.8) is 0 Å². The van der Waals surface area contributed by atoms with E-state index in [4.69, 9.17) is 10.7 Å². The van der Waals surface area contributed by atoms with Crippen LogP contribution in [0.2, 0.25) is 0 Å². The van der Waals surface area contributed by atoms with Crippen molar-refractivity contribution in [2.75, 3.05) is 0 Å². The van der Waals surface area contributed by atoms with Crippen LogP contribution in [0.3, 0.4) is 0 Å². The number of halogens is 3. The summed E-state index contributed by atoms with van der Waals surface area (Å²) in [5, 5.41) is 2.81. The van der Waals surface area contributed by atoms with Crippen molar-refractivity contribution in [1.82, 2.24) is 5.32 Å². The summed E-state index contributed by atoms with van der Waals surface area (Å²) in [5.41, 5.74) is -0.522. The van der Waals surface area contributed by atoms with Crippen LogP contribution in [-0.4, -0.2) is 19.9 Å². The molecule has 21 heavy (non-hydrogen) atoms. The van der Waals surface area contributed by atoms with Gasteiger partial charge in [0.15, 0.2) is 0 Å². The highest BCUT2D eigenvalue weighted by Gasteiger charge is 2.39. The fourth-order valence-corrected chi connectivity index (χ4v) is 4.44. The number of carbonyl (C=O) groups is 1. The Morgan fingerprint density at radius 3 is 2.48 bits per heavy atom. The van der Waals surface area contributed by atoms with Crippen LogP contribution in [0.25, 0.3) is 0 Å². The Bertz CT molecular complexity index is 702. The zero-order valence-electron chi connectivity index (χ0n) is 11.4. The smallest absolute Gasteiger partial charge is 0.262 e. The van der Waals surface area contributed by atoms with Crippen molar-refractivity contribution < 1.29 is 17.6 Å². The second kappa shape index (κ2) is 5.52. The molecule has 2 rings (SSSR count). The molecule has 0 aromatic heterocycles. The summed E-state index contributed by atoms with van der Waals surface area (Å²) in [7, 11) is 1.10. The van der Waals surface area contributed by atoms with Crippen LogP contribution in [0.4, 0.5) is 4.39 Å². The molecule has 1 amide bonds. The quantitative estimate of drug-likeness (QED) is 0.790. The number of benzene rings is 1. The highest BCUT2D eigenvalue weighted by molar-refractivity contribution is 9.10. The predicted molar refractivity (Wildman–Crippen MR) is 81.4 cm³/mol. The Balaban J connectivity index is 2.39. The van der Waals surface area contributed by atoms with Crippen LogP contribution < -0.4 is 5.32 Å². The van der Waals surface area contributed by atoms with Crippen molar-refractivity contribution in [1.29, 1.82) is 0 Å². The first-order valence-corrected chi connectivity index (χ1v) is 9.39. The summed E-state index contributed by atoms with van der Waals surface area (Å²) in [6.07, 6.45) is 2.05. The molecule has 1 aromatic rings. The van der Waals surface area contributed by atoms with Crippen molar-refractivity contribution >= 4 is 41.6 Å². The van der Waals surface area contributed by atoms with Gasteiger partial charge in [0, 0.05) is 16.2 Å². The van der Waals surface area contributed by atoms with Gasteiger partial charge >= 0.3 is 0 Å². The highest BCUT2D eigenvalue weighted by Crippen LogP contribution is 2.39. The van der Waals surface area contributed by atoms with Gasteiger partial charge in [0.2, 0.25) is 0 Å². The molecule has 0 spiro atoms. The lowest BCUT2D eigenvalue weighted by Crippen LogP contribution is -2.45. The molecule has 0 radical (unpaired) electrons. The lowest BCUT2D eigenvalue weighted by Gasteiger charge is -2.26. The molecule has 1 saturated carbocycles. The predicted octanol–water partition coefficient (Wildman–Crippen LogP) is 3.43. The third kappa shape index (κ3) is 3.76. The first-order chi connectivity index (χ1) is 9.52. The van der Waals surface area contributed by atoms with Gasteiger partial charge in [-0.25, -0.2) is 12.8 Å². The van der Waals surface area contributed by atoms with E-state index in [0.29, 0.717) is 5.92 Å². The molecule has 1 aliphatic carbocycles. The molecule has 4 nitrogen and oxygen atoms in total. The Morgan fingerprint density at radius 2 is 2.00 bits per heavy atom. The van der Waals surface area contributed by atoms with E-state index in [2.05, 4.69) is 21.2 Å². The number of nitrogens with one attached hydrogen (secondary N) is 1. The van der Waals surface area contributed by atoms with E-state index in [9.17, 15) is 17.6 Å². The van der Waals surface area contributed by atoms with E-state index >= 15 is 0 Å². The largest absolute Gasteiger partial charge is 0.347 e. The molecule has 0 heterocycles. The third-order valence-electron chi connectivity index (χ3n) is 3.54. The topological polar surface area (TPSA) is 63.2 Å². The molecule has 8 heteroatoms. The van der Waals surface area contributed by atoms with Crippen molar-refractivity contribution in [3.8, 4) is 0 Å². The van der Waals surface area contributed by atoms with E-state index in [1.54, 1.807) is 0 Å². The summed E-state index contributed by atoms with van der Waals surface area (Å²) >= 11 is 3.02. The van der Waals surface area contributed by atoms with Gasteiger partial charge in [-0.3, -0.25) is 4.79 Å². The number of hydrogen-bond donors (Lipinski definition) is 1. The fourth-order valence-electron chi connectivity index (χ4n) is 2.17. The number of hydrogen-bond acceptors (Lipinski definition) is 3. The minimum Gasteiger partial charge on any atom is -0.347 e. The maximum Gasteiger partial charge on any atom is 0.262 e. The van der Waals surface area contributed by atoms with Crippen LogP contribution in [0.15, 0.2) is 21.5 Å². The summed E-state index contributed by atoms with van der Waals surface area (Å²) in [4.78, 5) is 11.8. The number of rotatable bonds is 4. The minimum absolute atomic E-state index is 0.0389. The van der Waals surface area contributed by atoms with Crippen LogP contribution in [0, 0.1) is 11.7 Å². The summed E-state index contributed by atoms with van der Waals surface area (Å²) in [6, 6.07) is 1.75. The molecular formula is C13H14BrClFNO3S. The van der Waals surface area contributed by atoms with Crippen molar-refractivity contribution in [3.05, 3.63) is 28.0 Å². The molecule has 1 aromatic carbocycles. The Kier molecular flexibility index (Phi) is 4.39. The van der Waals surface area contributed by atoms with Gasteiger partial charge in [-0.2, -0.15) is 0 Å². The summed E-state index contributed by atoms with van der Waals surface area (Å²) < 4.78 is 36.4. The second-order valence-electron chi connectivity index (χ2n) is 5.65. The zero-order valence-corrected chi connectivity index (χ0v) is 14.6. The molecule has 0 atom stereocenters. The standard InChI is InChI=1S/C13H14BrClFNO3S/c1-13(2,7-3-4-7)17-12(18)9-5-8(16)6-10(11(9)14)21(15,19)20/h5-7H,3-4H2,1-2H3,(H,17,18). The molecule has 0 saturated heterocycles. The van der Waals surface area contributed by atoms with E-state index in [0.717, 1.165) is 25.0 Å². The van der Waals surface area contributed by atoms with E-state index in [1.807, 2.05) is 13.8 Å². The molecule has 0 unspecified atom stereocenters. The van der Waals surface area contributed by atoms with Crippen LogP contribution >= 0.6 is 26.6 Å². The van der Waals surface area contributed by atoms with Gasteiger partial charge < -0.3 is 5.32 Å². The monoisotopic (exact) mass is 397 g/mol. The fraction of sp³-hybridized carbons (Fsp3) is 0.462. The SMILES string of the molecule is CC(C)(NC(=O)c1cc(F)cc(S(=O)(=O)Cl)c1Br)C1CC1. The van der Waals surface area contributed by atoms with Crippen LogP contribution in [0.1, 0.15) is 37.0 Å². The molecule has 1 N–H and O–H groups in total. The molecular weight excluding hydrogens is 385 g/mol. The first-order valence-electron chi connectivity index (χ1n) is 6.28. The van der Waals surface area contributed by atoms with Gasteiger partial charge in [0.25, 0.3) is 15.0 Å². The lowest BCUT2D eigenvalue weighted by molar-refractivity contribution is 0.0901. The average molecular weight is 399 g/mol. The number of carbonyl (C=O) groups excluding carboxylic acids is 1. The lowest BCUT2D eigenvalue weighted by atomic mass is 9.98. The van der Waals surface area contributed by atoms with Crippen molar-refractivity contribution in [2.24, 2.45) is 5.92 Å². The minimum atomic E-state index is -4.15. The Hall–Kier alpha value is -0.660. The third-order valence-corrected chi connectivity index (χ3v) is 6.01. The normalized spacial score (nSPS) is 15.9. The summed E-state index contributed by atoms with van der Waals surface area (Å²) in [6.45, 7) is 3.77. The van der Waals surface area contributed by atoms with Crippen LogP contribution in [0.5, 0.6) is 0 Å². The zero-order chi connectivity index (χ0) is 16.0. The maximum atomic E-state index is 13.6. The van der Waals surface area contributed by atoms with Crippen LogP contribution in [-0.2, 0) is 9.05 Å². The summed E-state index contributed by atoms with van der Waals surface area (Å²) in [5.74, 6) is -1.00. The van der Waals surface area contributed by atoms with Gasteiger partial charge in [0.1, 0.15) is 10.7 Å². The Labute approximate surface area is 135 Å². The molecule has 116 valence electrons. The van der Waals surface area contributed by atoms with E-state index in [-0.39, 0.29) is 10.0 Å². The van der Waals surface area contributed by atoms with E-state index in [1.165, 1.54) is 0 Å². The van der Waals surface area contributed by atoms with Gasteiger partial charge in [-0.15, -0.1) is 0 Å². The molecule has 1 aliphatic rings. The van der Waals surface area contributed by atoms with Gasteiger partial charge in [0.05, 0.1) is 10.0 Å². The molecule has 0 aliphatic heterocycles. The maximum absolute atomic E-state index is 13.6. The highest BCUT2D eigenvalue weighted by atomic mass is 79.9. The molecule has 1 fully saturated rings. The second-order valence-corrected chi connectivity index (χ2v) is 8.98.